The maximum Gasteiger partial charge on any atom is -0.0175 e. The van der Waals surface area contributed by atoms with Gasteiger partial charge in [0.05, 0.1) is 0 Å². The molecule has 0 N–H and O–H groups in total. The van der Waals surface area contributed by atoms with Gasteiger partial charge in [0.15, 0.2) is 0 Å². The Balaban J connectivity index is 2.10. The first-order valence-electron chi connectivity index (χ1n) is 5.07. The smallest absolute Gasteiger partial charge is 0.0175 e. The highest BCUT2D eigenvalue weighted by molar-refractivity contribution is 5.13. The van der Waals surface area contributed by atoms with Crippen LogP contribution in [0, 0.1) is 11.8 Å². The maximum absolute atomic E-state index is 2.37. The summed E-state index contributed by atoms with van der Waals surface area (Å²) in [6.07, 6.45) is 11.3. The molecule has 0 aromatic carbocycles. The predicted octanol–water partition coefficient (Wildman–Crippen LogP) is 3.53. The summed E-state index contributed by atoms with van der Waals surface area (Å²) >= 11 is 0. The van der Waals surface area contributed by atoms with Crippen LogP contribution in [-0.4, -0.2) is 0 Å². The standard InChI is InChI=1S/C11H18/c1-2-9-7-8-10-5-3-4-6-11(9)10/h2,10-11H,3-8H2,1H3/b9-2+. The van der Waals surface area contributed by atoms with Crippen molar-refractivity contribution >= 4 is 0 Å². The van der Waals surface area contributed by atoms with E-state index in [-0.39, 0.29) is 0 Å². The van der Waals surface area contributed by atoms with E-state index in [4.69, 9.17) is 0 Å². The highest BCUT2D eigenvalue weighted by Crippen LogP contribution is 2.45. The lowest BCUT2D eigenvalue weighted by Gasteiger charge is -2.25. The summed E-state index contributed by atoms with van der Waals surface area (Å²) in [5.74, 6) is 2.09. The lowest BCUT2D eigenvalue weighted by atomic mass is 9.80. The number of hydrogen-bond donors (Lipinski definition) is 0. The first-order chi connectivity index (χ1) is 5.42. The summed E-state index contributed by atoms with van der Waals surface area (Å²) in [4.78, 5) is 0. The average molecular weight is 150 g/mol. The van der Waals surface area contributed by atoms with Crippen molar-refractivity contribution < 1.29 is 0 Å². The Bertz CT molecular complexity index is 167. The Morgan fingerprint density at radius 1 is 1.18 bits per heavy atom. The lowest BCUT2D eigenvalue weighted by molar-refractivity contribution is 0.302. The topological polar surface area (TPSA) is 0 Å². The molecule has 0 spiro atoms. The van der Waals surface area contributed by atoms with Crippen LogP contribution in [0.5, 0.6) is 0 Å². The number of allylic oxidation sites excluding steroid dienone is 2. The minimum atomic E-state index is 1.01. The van der Waals surface area contributed by atoms with Crippen LogP contribution in [0.1, 0.15) is 45.4 Å². The van der Waals surface area contributed by atoms with Crippen LogP contribution in [0.4, 0.5) is 0 Å². The molecule has 0 aromatic heterocycles. The highest BCUT2D eigenvalue weighted by Gasteiger charge is 2.32. The van der Waals surface area contributed by atoms with Crippen LogP contribution >= 0.6 is 0 Å². The van der Waals surface area contributed by atoms with E-state index in [1.165, 1.54) is 38.5 Å². The molecule has 0 amide bonds. The third kappa shape index (κ3) is 1.23. The van der Waals surface area contributed by atoms with Gasteiger partial charge >= 0.3 is 0 Å². The minimum Gasteiger partial charge on any atom is -0.0882 e. The van der Waals surface area contributed by atoms with Crippen LogP contribution in [0.3, 0.4) is 0 Å². The highest BCUT2D eigenvalue weighted by atomic mass is 14.4. The van der Waals surface area contributed by atoms with Crippen LogP contribution < -0.4 is 0 Å². The van der Waals surface area contributed by atoms with E-state index in [0.29, 0.717) is 0 Å². The Labute approximate surface area is 69.7 Å². The minimum absolute atomic E-state index is 1.01. The zero-order valence-corrected chi connectivity index (χ0v) is 7.47. The molecule has 0 radical (unpaired) electrons. The monoisotopic (exact) mass is 150 g/mol. The normalized spacial score (nSPS) is 41.0. The largest absolute Gasteiger partial charge is 0.0882 e. The first kappa shape index (κ1) is 7.39. The van der Waals surface area contributed by atoms with Gasteiger partial charge in [-0.2, -0.15) is 0 Å². The Morgan fingerprint density at radius 3 is 2.82 bits per heavy atom. The maximum atomic E-state index is 2.37. The molecule has 0 aromatic rings. The summed E-state index contributed by atoms with van der Waals surface area (Å²) in [5.41, 5.74) is 1.77. The van der Waals surface area contributed by atoms with Crippen LogP contribution in [0.2, 0.25) is 0 Å². The van der Waals surface area contributed by atoms with E-state index in [9.17, 15) is 0 Å². The Morgan fingerprint density at radius 2 is 2.00 bits per heavy atom. The fourth-order valence-corrected chi connectivity index (χ4v) is 2.94. The van der Waals surface area contributed by atoms with E-state index >= 15 is 0 Å². The molecule has 0 saturated heterocycles. The van der Waals surface area contributed by atoms with Gasteiger partial charge in [-0.1, -0.05) is 24.5 Å². The molecule has 0 heteroatoms. The average Bonchev–Trinajstić information content (AvgIpc) is 2.47. The van der Waals surface area contributed by atoms with Gasteiger partial charge < -0.3 is 0 Å². The fourth-order valence-electron chi connectivity index (χ4n) is 2.94. The molecule has 2 aliphatic rings. The quantitative estimate of drug-likeness (QED) is 0.463. The Hall–Kier alpha value is -0.260. The third-order valence-electron chi connectivity index (χ3n) is 3.56. The Kier molecular flexibility index (Phi) is 2.02. The summed E-state index contributed by atoms with van der Waals surface area (Å²) in [5, 5.41) is 0. The van der Waals surface area contributed by atoms with E-state index in [1.807, 2.05) is 0 Å². The SMILES string of the molecule is C/C=C1\CCC2CCCCC12. The molecule has 11 heavy (non-hydrogen) atoms. The van der Waals surface area contributed by atoms with Crippen LogP contribution in [0.25, 0.3) is 0 Å². The van der Waals surface area contributed by atoms with E-state index in [0.717, 1.165) is 11.8 Å². The van der Waals surface area contributed by atoms with Crippen molar-refractivity contribution in [3.8, 4) is 0 Å². The molecule has 2 saturated carbocycles. The second kappa shape index (κ2) is 3.00. The lowest BCUT2D eigenvalue weighted by Crippen LogP contribution is -2.13. The molecule has 2 rings (SSSR count). The van der Waals surface area contributed by atoms with Gasteiger partial charge in [-0.25, -0.2) is 0 Å². The first-order valence-corrected chi connectivity index (χ1v) is 5.07. The van der Waals surface area contributed by atoms with Gasteiger partial charge in [-0.05, 0) is 44.4 Å². The zero-order valence-electron chi connectivity index (χ0n) is 7.47. The van der Waals surface area contributed by atoms with Gasteiger partial charge in [0.1, 0.15) is 0 Å². The van der Waals surface area contributed by atoms with Crippen molar-refractivity contribution in [3.05, 3.63) is 11.6 Å². The van der Waals surface area contributed by atoms with E-state index < -0.39 is 0 Å². The van der Waals surface area contributed by atoms with Crippen molar-refractivity contribution in [1.29, 1.82) is 0 Å². The predicted molar refractivity (Wildman–Crippen MR) is 48.4 cm³/mol. The van der Waals surface area contributed by atoms with Crippen LogP contribution in [0.15, 0.2) is 11.6 Å². The molecule has 2 fully saturated rings. The fraction of sp³-hybridized carbons (Fsp3) is 0.818. The summed E-state index contributed by atoms with van der Waals surface area (Å²) in [6, 6.07) is 0. The molecule has 62 valence electrons. The van der Waals surface area contributed by atoms with Crippen molar-refractivity contribution in [2.75, 3.05) is 0 Å². The number of fused-ring (bicyclic) bond motifs is 1. The third-order valence-corrected chi connectivity index (χ3v) is 3.56. The summed E-state index contributed by atoms with van der Waals surface area (Å²) in [6.45, 7) is 2.21. The molecule has 0 aliphatic heterocycles. The van der Waals surface area contributed by atoms with E-state index in [1.54, 1.807) is 5.57 Å². The van der Waals surface area contributed by atoms with Crippen molar-refractivity contribution in [2.24, 2.45) is 11.8 Å². The number of hydrogen-bond acceptors (Lipinski definition) is 0. The van der Waals surface area contributed by atoms with Crippen molar-refractivity contribution in [3.63, 3.8) is 0 Å². The molecular formula is C11H18. The van der Waals surface area contributed by atoms with Crippen molar-refractivity contribution in [1.82, 2.24) is 0 Å². The van der Waals surface area contributed by atoms with Gasteiger partial charge in [-0.3, -0.25) is 0 Å². The molecule has 0 heterocycles. The van der Waals surface area contributed by atoms with Gasteiger partial charge in [0.2, 0.25) is 0 Å². The summed E-state index contributed by atoms with van der Waals surface area (Å²) < 4.78 is 0. The molecule has 0 bridgehead atoms. The molecule has 2 atom stereocenters. The second-order valence-corrected chi connectivity index (χ2v) is 4.05. The van der Waals surface area contributed by atoms with Crippen molar-refractivity contribution in [2.45, 2.75) is 45.4 Å². The van der Waals surface area contributed by atoms with Crippen LogP contribution in [-0.2, 0) is 0 Å². The number of rotatable bonds is 0. The zero-order chi connectivity index (χ0) is 7.68. The van der Waals surface area contributed by atoms with E-state index in [2.05, 4.69) is 13.0 Å². The van der Waals surface area contributed by atoms with Gasteiger partial charge in [-0.15, -0.1) is 0 Å². The second-order valence-electron chi connectivity index (χ2n) is 4.05. The van der Waals surface area contributed by atoms with Gasteiger partial charge in [0, 0.05) is 0 Å². The molecule has 2 unspecified atom stereocenters. The van der Waals surface area contributed by atoms with Gasteiger partial charge in [0.25, 0.3) is 0 Å². The molecular weight excluding hydrogens is 132 g/mol. The molecule has 2 aliphatic carbocycles. The summed E-state index contributed by atoms with van der Waals surface area (Å²) in [7, 11) is 0. The molecule has 0 nitrogen and oxygen atoms in total.